The number of hydrogen-bond donors (Lipinski definition) is 6. The fourth-order valence-corrected chi connectivity index (χ4v) is 11.1. The van der Waals surface area contributed by atoms with E-state index in [4.69, 9.17) is 19.3 Å². The van der Waals surface area contributed by atoms with Gasteiger partial charge in [0, 0.05) is 25.9 Å². The molecule has 4 aliphatic carbocycles. The monoisotopic (exact) mass is 666 g/mol. The van der Waals surface area contributed by atoms with E-state index >= 15 is 0 Å². The van der Waals surface area contributed by atoms with Gasteiger partial charge in [-0.2, -0.15) is 16.8 Å². The molecule has 14 heteroatoms. The van der Waals surface area contributed by atoms with Crippen molar-refractivity contribution in [3.8, 4) is 0 Å². The molecule has 6 aliphatic rings. The van der Waals surface area contributed by atoms with Crippen molar-refractivity contribution in [2.24, 2.45) is 33.5 Å². The fourth-order valence-electron chi connectivity index (χ4n) is 8.51. The molecule has 0 radical (unpaired) electrons. The first-order valence-electron chi connectivity index (χ1n) is 15.9. The first-order valence-corrected chi connectivity index (χ1v) is 19.1. The van der Waals surface area contributed by atoms with Gasteiger partial charge >= 0.3 is 0 Å². The molecule has 2 saturated heterocycles. The van der Waals surface area contributed by atoms with Crippen LogP contribution >= 0.6 is 0 Å². The van der Waals surface area contributed by atoms with Gasteiger partial charge in [-0.25, -0.2) is 0 Å². The molecule has 0 spiro atoms. The van der Waals surface area contributed by atoms with Crippen molar-refractivity contribution in [2.45, 2.75) is 104 Å². The van der Waals surface area contributed by atoms with Crippen LogP contribution in [0.15, 0.2) is 0 Å². The van der Waals surface area contributed by atoms with Crippen LogP contribution in [-0.4, -0.2) is 97.6 Å². The number of aliphatic hydroxyl groups excluding tert-OH is 2. The van der Waals surface area contributed by atoms with Gasteiger partial charge in [-0.1, -0.05) is 27.7 Å². The number of fused-ring (bicyclic) bond motifs is 4. The maximum atomic E-state index is 11.9. The van der Waals surface area contributed by atoms with Gasteiger partial charge in [0.1, 0.15) is 11.6 Å². The molecule has 44 heavy (non-hydrogen) atoms. The highest BCUT2D eigenvalue weighted by Gasteiger charge is 2.66. The second-order valence-electron chi connectivity index (χ2n) is 14.8. The Morgan fingerprint density at radius 2 is 1.00 bits per heavy atom. The molecule has 0 aromatic carbocycles. The summed E-state index contributed by atoms with van der Waals surface area (Å²) in [6.45, 7) is 11.5. The lowest BCUT2D eigenvalue weighted by molar-refractivity contribution is -0.128. The molecule has 0 amide bonds. The SMILES string of the molecule is CC1(C)C2CCC1(CS(=O)(=O)O)C(=O)C2.CC1(C)C2CCC1(CS(=O)(=O)O)C(=O)C2.OC1CCCNC1.O[C@H]1CCCNC1. The third-order valence-electron chi connectivity index (χ3n) is 11.7. The fraction of sp³-hybridized carbons (Fsp3) is 0.933. The van der Waals surface area contributed by atoms with Gasteiger partial charge in [0.2, 0.25) is 0 Å². The Morgan fingerprint density at radius 1 is 0.659 bits per heavy atom. The van der Waals surface area contributed by atoms with Crippen molar-refractivity contribution in [2.75, 3.05) is 37.7 Å². The molecule has 5 unspecified atom stereocenters. The third kappa shape index (κ3) is 8.28. The van der Waals surface area contributed by atoms with Crippen LogP contribution in [0.3, 0.4) is 0 Å². The van der Waals surface area contributed by atoms with Crippen LogP contribution in [-0.2, 0) is 29.8 Å². The first kappa shape index (κ1) is 37.5. The van der Waals surface area contributed by atoms with E-state index in [0.29, 0.717) is 25.7 Å². The topological polar surface area (TPSA) is 207 Å². The Bertz CT molecular complexity index is 1140. The zero-order chi connectivity index (χ0) is 33.2. The van der Waals surface area contributed by atoms with Crippen molar-refractivity contribution >= 4 is 31.8 Å². The van der Waals surface area contributed by atoms with Crippen LogP contribution in [0.1, 0.15) is 91.9 Å². The molecule has 4 bridgehead atoms. The summed E-state index contributed by atoms with van der Waals surface area (Å²) < 4.78 is 62.0. The lowest BCUT2D eigenvalue weighted by Gasteiger charge is -2.35. The molecule has 0 aromatic heterocycles. The number of aliphatic hydroxyl groups is 2. The van der Waals surface area contributed by atoms with Crippen LogP contribution < -0.4 is 10.6 Å². The number of hydrogen-bond acceptors (Lipinski definition) is 10. The molecule has 6 fully saturated rings. The zero-order valence-corrected chi connectivity index (χ0v) is 28.3. The van der Waals surface area contributed by atoms with Gasteiger partial charge in [0.25, 0.3) is 20.2 Å². The number of carbonyl (C=O) groups is 2. The highest BCUT2D eigenvalue weighted by Crippen LogP contribution is 2.65. The summed E-state index contributed by atoms with van der Waals surface area (Å²) in [7, 11) is -8.15. The first-order chi connectivity index (χ1) is 20.2. The lowest BCUT2D eigenvalue weighted by atomic mass is 9.70. The number of rotatable bonds is 4. The lowest BCUT2D eigenvalue weighted by Crippen LogP contribution is -2.42. The highest BCUT2D eigenvalue weighted by molar-refractivity contribution is 7.86. The number of Topliss-reactive ketones (excluding diaryl/α,β-unsaturated/α-hetero) is 2. The molecule has 6 atom stereocenters. The predicted molar refractivity (Wildman–Crippen MR) is 166 cm³/mol. The van der Waals surface area contributed by atoms with E-state index in [1.54, 1.807) is 0 Å². The number of piperidine rings is 2. The Morgan fingerprint density at radius 3 is 1.16 bits per heavy atom. The van der Waals surface area contributed by atoms with E-state index < -0.39 is 42.6 Å². The van der Waals surface area contributed by atoms with Crippen LogP contribution in [0, 0.1) is 33.5 Å². The summed E-state index contributed by atoms with van der Waals surface area (Å²) in [4.78, 5) is 23.8. The van der Waals surface area contributed by atoms with Gasteiger partial charge in [0.05, 0.1) is 34.5 Å². The maximum absolute atomic E-state index is 11.9. The highest BCUT2D eigenvalue weighted by atomic mass is 32.2. The van der Waals surface area contributed by atoms with E-state index in [0.717, 1.165) is 64.7 Å². The molecule has 2 heterocycles. The summed E-state index contributed by atoms with van der Waals surface area (Å²) in [5.41, 5.74) is -2.24. The van der Waals surface area contributed by atoms with E-state index in [-0.39, 0.29) is 46.4 Å². The van der Waals surface area contributed by atoms with Gasteiger partial charge in [-0.3, -0.25) is 18.7 Å². The minimum absolute atomic E-state index is 0.0152. The molecule has 6 rings (SSSR count). The second kappa shape index (κ2) is 14.0. The number of β-amino-alcohol motifs (C(OH)–C–C–N with tert-alkyl or cyclic N) is 2. The van der Waals surface area contributed by atoms with Crippen LogP contribution in [0.25, 0.3) is 0 Å². The van der Waals surface area contributed by atoms with Crippen molar-refractivity contribution in [1.29, 1.82) is 0 Å². The van der Waals surface area contributed by atoms with Crippen LogP contribution in [0.5, 0.6) is 0 Å². The molecule has 12 nitrogen and oxygen atoms in total. The zero-order valence-electron chi connectivity index (χ0n) is 26.7. The van der Waals surface area contributed by atoms with Crippen molar-refractivity contribution in [1.82, 2.24) is 10.6 Å². The Kier molecular flexibility index (Phi) is 11.9. The molecular formula is C30H54N2O10S2. The summed E-state index contributed by atoms with van der Waals surface area (Å²) >= 11 is 0. The van der Waals surface area contributed by atoms with E-state index in [2.05, 4.69) is 10.6 Å². The summed E-state index contributed by atoms with van der Waals surface area (Å²) in [6, 6.07) is 0. The summed E-state index contributed by atoms with van der Waals surface area (Å²) in [6.07, 6.45) is 8.00. The van der Waals surface area contributed by atoms with Crippen molar-refractivity contribution in [3.05, 3.63) is 0 Å². The number of ketones is 2. The quantitative estimate of drug-likeness (QED) is 0.238. The predicted octanol–water partition coefficient (Wildman–Crippen LogP) is 2.00. The molecule has 6 N–H and O–H groups in total. The molecule has 2 aliphatic heterocycles. The molecule has 0 aromatic rings. The van der Waals surface area contributed by atoms with E-state index in [1.807, 2.05) is 27.7 Å². The minimum atomic E-state index is -4.08. The molecule has 256 valence electrons. The van der Waals surface area contributed by atoms with Crippen LogP contribution in [0.4, 0.5) is 0 Å². The summed E-state index contributed by atoms with van der Waals surface area (Å²) in [5, 5.41) is 23.9. The van der Waals surface area contributed by atoms with Crippen molar-refractivity contribution < 1.29 is 45.7 Å². The van der Waals surface area contributed by atoms with Crippen LogP contribution in [0.2, 0.25) is 0 Å². The maximum Gasteiger partial charge on any atom is 0.265 e. The Hall–Kier alpha value is -1.00. The van der Waals surface area contributed by atoms with Gasteiger partial charge in [0.15, 0.2) is 0 Å². The van der Waals surface area contributed by atoms with Crippen molar-refractivity contribution in [3.63, 3.8) is 0 Å². The summed E-state index contributed by atoms with van der Waals surface area (Å²) in [5.74, 6) is -0.203. The minimum Gasteiger partial charge on any atom is -0.392 e. The van der Waals surface area contributed by atoms with Gasteiger partial charge < -0.3 is 20.8 Å². The van der Waals surface area contributed by atoms with E-state index in [1.165, 1.54) is 0 Å². The Labute approximate surface area is 263 Å². The normalized spacial score (nSPS) is 36.8. The molecule has 4 saturated carbocycles. The average Bonchev–Trinajstić information content (AvgIpc) is 3.42. The van der Waals surface area contributed by atoms with Gasteiger partial charge in [-0.15, -0.1) is 0 Å². The third-order valence-corrected chi connectivity index (χ3v) is 13.4. The molecular weight excluding hydrogens is 612 g/mol. The van der Waals surface area contributed by atoms with Gasteiger partial charge in [-0.05, 0) is 87.1 Å². The Balaban J connectivity index is 0.000000170. The second-order valence-corrected chi connectivity index (χ2v) is 17.7. The number of nitrogens with one attached hydrogen (secondary N) is 2. The largest absolute Gasteiger partial charge is 0.392 e. The average molecular weight is 667 g/mol. The van der Waals surface area contributed by atoms with E-state index in [9.17, 15) is 26.4 Å². The number of carbonyl (C=O) groups excluding carboxylic acids is 2. The smallest absolute Gasteiger partial charge is 0.265 e. The standard InChI is InChI=1S/2C10H16O4S.2C5H11NO/c2*1-9(2)7-3-4-10(9,8(11)5-7)6-15(12,13)14;2*7-5-2-1-3-6-4-5/h2*7H,3-6H2,1-2H3,(H,12,13,14);2*5-7H,1-4H2/t;;5-;/m..0./s1.